The second-order valence-corrected chi connectivity index (χ2v) is 5.38. The number of aromatic nitrogens is 1. The van der Waals surface area contributed by atoms with E-state index >= 15 is 0 Å². The van der Waals surface area contributed by atoms with Gasteiger partial charge in [0, 0.05) is 16.1 Å². The van der Waals surface area contributed by atoms with Crippen molar-refractivity contribution in [1.29, 1.82) is 0 Å². The van der Waals surface area contributed by atoms with Crippen LogP contribution in [0.25, 0.3) is 11.3 Å². The lowest BCUT2D eigenvalue weighted by molar-refractivity contribution is 0.0439. The fraction of sp³-hybridized carbons (Fsp3) is 0.0556. The van der Waals surface area contributed by atoms with E-state index in [0.29, 0.717) is 28.2 Å². The number of ether oxygens (including phenoxy) is 1. The first-order valence-corrected chi connectivity index (χ1v) is 7.46. The third-order valence-electron chi connectivity index (χ3n) is 3.29. The molecule has 0 aliphatic rings. The molecule has 5 nitrogen and oxygen atoms in total. The van der Waals surface area contributed by atoms with Crippen molar-refractivity contribution < 1.29 is 18.7 Å². The van der Waals surface area contributed by atoms with Crippen LogP contribution in [0.3, 0.4) is 0 Å². The van der Waals surface area contributed by atoms with Gasteiger partial charge in [0.25, 0.3) is 0 Å². The standard InChI is InChI=1S/C18H12ClNO4/c19-15-7-5-13(6-8-15)16-9-20-17(24-16)11-23-18(22)14-3-1-12(10-21)2-4-14/h1-10H,11H2. The molecule has 3 rings (SSSR count). The summed E-state index contributed by atoms with van der Waals surface area (Å²) in [6, 6.07) is 13.3. The van der Waals surface area contributed by atoms with Crippen molar-refractivity contribution in [2.75, 3.05) is 0 Å². The van der Waals surface area contributed by atoms with Gasteiger partial charge in [-0.25, -0.2) is 9.78 Å². The zero-order valence-electron chi connectivity index (χ0n) is 12.4. The number of hydrogen-bond acceptors (Lipinski definition) is 5. The molecule has 2 aromatic carbocycles. The molecule has 0 radical (unpaired) electrons. The average molecular weight is 342 g/mol. The average Bonchev–Trinajstić information content (AvgIpc) is 3.09. The Bertz CT molecular complexity index is 853. The summed E-state index contributed by atoms with van der Waals surface area (Å²) in [4.78, 5) is 26.6. The molecule has 6 heteroatoms. The van der Waals surface area contributed by atoms with Gasteiger partial charge in [0.15, 0.2) is 12.4 Å². The van der Waals surface area contributed by atoms with E-state index < -0.39 is 5.97 Å². The van der Waals surface area contributed by atoms with Gasteiger partial charge in [0.2, 0.25) is 5.89 Å². The zero-order chi connectivity index (χ0) is 16.9. The van der Waals surface area contributed by atoms with E-state index in [-0.39, 0.29) is 12.5 Å². The SMILES string of the molecule is O=Cc1ccc(C(=O)OCc2ncc(-c3ccc(Cl)cc3)o2)cc1. The fourth-order valence-corrected chi connectivity index (χ4v) is 2.16. The van der Waals surface area contributed by atoms with Crippen molar-refractivity contribution in [3.63, 3.8) is 0 Å². The van der Waals surface area contributed by atoms with Crippen molar-refractivity contribution in [2.45, 2.75) is 6.61 Å². The highest BCUT2D eigenvalue weighted by Crippen LogP contribution is 2.22. The molecule has 1 aromatic heterocycles. The maximum Gasteiger partial charge on any atom is 0.338 e. The number of carbonyl (C=O) groups excluding carboxylic acids is 2. The van der Waals surface area contributed by atoms with Crippen molar-refractivity contribution in [3.05, 3.63) is 76.8 Å². The Morgan fingerprint density at radius 3 is 2.50 bits per heavy atom. The lowest BCUT2D eigenvalue weighted by Gasteiger charge is -2.02. The minimum atomic E-state index is -0.515. The van der Waals surface area contributed by atoms with Gasteiger partial charge in [-0.2, -0.15) is 0 Å². The van der Waals surface area contributed by atoms with Gasteiger partial charge in [-0.3, -0.25) is 4.79 Å². The number of oxazole rings is 1. The Hall–Kier alpha value is -2.92. The first-order valence-electron chi connectivity index (χ1n) is 7.09. The molecular formula is C18H12ClNO4. The summed E-state index contributed by atoms with van der Waals surface area (Å²) in [7, 11) is 0. The Morgan fingerprint density at radius 2 is 1.83 bits per heavy atom. The van der Waals surface area contributed by atoms with E-state index in [2.05, 4.69) is 4.98 Å². The van der Waals surface area contributed by atoms with E-state index in [1.165, 1.54) is 12.1 Å². The van der Waals surface area contributed by atoms with Gasteiger partial charge in [0.1, 0.15) is 6.29 Å². The van der Waals surface area contributed by atoms with Crippen LogP contribution < -0.4 is 0 Å². The Morgan fingerprint density at radius 1 is 1.12 bits per heavy atom. The molecular weight excluding hydrogens is 330 g/mol. The molecule has 0 aliphatic carbocycles. The van der Waals surface area contributed by atoms with Crippen LogP contribution in [-0.2, 0) is 11.3 Å². The van der Waals surface area contributed by atoms with Gasteiger partial charge in [-0.1, -0.05) is 23.7 Å². The second kappa shape index (κ2) is 7.10. The van der Waals surface area contributed by atoms with E-state index in [1.54, 1.807) is 30.5 Å². The molecule has 0 fully saturated rings. The second-order valence-electron chi connectivity index (χ2n) is 4.94. The summed E-state index contributed by atoms with van der Waals surface area (Å²) in [5.41, 5.74) is 1.67. The number of benzene rings is 2. The Labute approximate surface area is 142 Å². The third-order valence-corrected chi connectivity index (χ3v) is 3.54. The number of rotatable bonds is 5. The highest BCUT2D eigenvalue weighted by Gasteiger charge is 2.11. The Kier molecular flexibility index (Phi) is 4.72. The molecule has 0 unspecified atom stereocenters. The lowest BCUT2D eigenvalue weighted by Crippen LogP contribution is -2.05. The van der Waals surface area contributed by atoms with E-state index in [1.807, 2.05) is 12.1 Å². The summed E-state index contributed by atoms with van der Waals surface area (Å²) in [6.07, 6.45) is 2.27. The van der Waals surface area contributed by atoms with E-state index in [0.717, 1.165) is 5.56 Å². The van der Waals surface area contributed by atoms with Gasteiger partial charge in [-0.05, 0) is 36.4 Å². The predicted molar refractivity (Wildman–Crippen MR) is 87.9 cm³/mol. The highest BCUT2D eigenvalue weighted by molar-refractivity contribution is 6.30. The number of aldehydes is 1. The van der Waals surface area contributed by atoms with Crippen molar-refractivity contribution in [3.8, 4) is 11.3 Å². The van der Waals surface area contributed by atoms with Crippen LogP contribution >= 0.6 is 11.6 Å². The summed E-state index contributed by atoms with van der Waals surface area (Å²) < 4.78 is 10.7. The monoisotopic (exact) mass is 341 g/mol. The fourth-order valence-electron chi connectivity index (χ4n) is 2.03. The minimum absolute atomic E-state index is 0.0815. The molecule has 3 aromatic rings. The van der Waals surface area contributed by atoms with Crippen LogP contribution in [0.1, 0.15) is 26.6 Å². The van der Waals surface area contributed by atoms with Gasteiger partial charge in [0.05, 0.1) is 11.8 Å². The van der Waals surface area contributed by atoms with Gasteiger partial charge in [-0.15, -0.1) is 0 Å². The molecule has 1 heterocycles. The number of carbonyl (C=O) groups is 2. The summed E-state index contributed by atoms with van der Waals surface area (Å²) in [5, 5.41) is 0.632. The predicted octanol–water partition coefficient (Wildman–Crippen LogP) is 4.16. The highest BCUT2D eigenvalue weighted by atomic mass is 35.5. The zero-order valence-corrected chi connectivity index (χ0v) is 13.2. The van der Waals surface area contributed by atoms with E-state index in [9.17, 15) is 9.59 Å². The normalized spacial score (nSPS) is 10.4. The van der Waals surface area contributed by atoms with Crippen LogP contribution in [0, 0.1) is 0 Å². The van der Waals surface area contributed by atoms with Gasteiger partial charge >= 0.3 is 5.97 Å². The maximum absolute atomic E-state index is 11.9. The summed E-state index contributed by atoms with van der Waals surface area (Å²) in [5.74, 6) is 0.338. The maximum atomic E-state index is 11.9. The molecule has 24 heavy (non-hydrogen) atoms. The van der Waals surface area contributed by atoms with Crippen LogP contribution in [0.5, 0.6) is 0 Å². The Balaban J connectivity index is 1.63. The van der Waals surface area contributed by atoms with Crippen LogP contribution in [0.4, 0.5) is 0 Å². The molecule has 0 saturated heterocycles. The molecule has 0 atom stereocenters. The van der Waals surface area contributed by atoms with Crippen molar-refractivity contribution >= 4 is 23.9 Å². The van der Waals surface area contributed by atoms with Crippen molar-refractivity contribution in [2.24, 2.45) is 0 Å². The van der Waals surface area contributed by atoms with Crippen LogP contribution in [0.2, 0.25) is 5.02 Å². The number of hydrogen-bond donors (Lipinski definition) is 0. The lowest BCUT2D eigenvalue weighted by atomic mass is 10.1. The molecule has 120 valence electrons. The molecule has 0 bridgehead atoms. The van der Waals surface area contributed by atoms with Crippen LogP contribution in [-0.4, -0.2) is 17.2 Å². The van der Waals surface area contributed by atoms with Crippen LogP contribution in [0.15, 0.2) is 59.1 Å². The molecule has 0 N–H and O–H groups in total. The third kappa shape index (κ3) is 3.70. The molecule has 0 saturated carbocycles. The first kappa shape index (κ1) is 16.0. The van der Waals surface area contributed by atoms with Crippen molar-refractivity contribution in [1.82, 2.24) is 4.98 Å². The smallest absolute Gasteiger partial charge is 0.338 e. The molecule has 0 amide bonds. The minimum Gasteiger partial charge on any atom is -0.452 e. The number of nitrogens with zero attached hydrogens (tertiary/aromatic N) is 1. The van der Waals surface area contributed by atoms with E-state index in [4.69, 9.17) is 20.8 Å². The quantitative estimate of drug-likeness (QED) is 0.514. The number of esters is 1. The molecule has 0 aliphatic heterocycles. The molecule has 0 spiro atoms. The first-order chi connectivity index (χ1) is 11.7. The summed E-state index contributed by atoms with van der Waals surface area (Å²) >= 11 is 5.84. The summed E-state index contributed by atoms with van der Waals surface area (Å²) in [6.45, 7) is -0.0815. The number of halogens is 1. The van der Waals surface area contributed by atoms with Gasteiger partial charge < -0.3 is 9.15 Å². The topological polar surface area (TPSA) is 69.4 Å². The largest absolute Gasteiger partial charge is 0.452 e.